The number of ether oxygens (including phenoxy) is 2. The Morgan fingerprint density at radius 2 is 1.90 bits per heavy atom. The third-order valence-corrected chi connectivity index (χ3v) is 4.56. The number of aliphatic hydroxyl groups is 1. The number of phenols is 1. The molecule has 0 aromatic heterocycles. The Bertz CT molecular complexity index is 844. The molecule has 0 fully saturated rings. The van der Waals surface area contributed by atoms with Gasteiger partial charge in [0.15, 0.2) is 12.4 Å². The number of halogens is 3. The number of carbonyl (C=O) groups is 2. The van der Waals surface area contributed by atoms with Gasteiger partial charge in [-0.25, -0.2) is 4.79 Å². The molecule has 9 heteroatoms. The van der Waals surface area contributed by atoms with E-state index in [0.717, 1.165) is 6.07 Å². The highest BCUT2D eigenvalue weighted by Crippen LogP contribution is 2.31. The van der Waals surface area contributed by atoms with Crippen molar-refractivity contribution in [2.24, 2.45) is 5.92 Å². The van der Waals surface area contributed by atoms with Crippen molar-refractivity contribution in [3.8, 4) is 11.5 Å². The van der Waals surface area contributed by atoms with Crippen LogP contribution in [0.1, 0.15) is 42.6 Å². The normalized spacial score (nSPS) is 25.6. The molecule has 0 amide bonds. The highest BCUT2D eigenvalue weighted by atomic mass is 19.4. The van der Waals surface area contributed by atoms with E-state index in [1.54, 1.807) is 13.8 Å². The maximum Gasteiger partial charge on any atom is 0.422 e. The molecule has 0 spiro atoms. The number of allylic oxidation sites excluding steroid dienone is 1. The molecule has 0 aliphatic carbocycles. The summed E-state index contributed by atoms with van der Waals surface area (Å²) in [7, 11) is 0. The van der Waals surface area contributed by atoms with Crippen molar-refractivity contribution in [1.29, 1.82) is 0 Å². The molecule has 164 valence electrons. The number of hydrogen-bond acceptors (Lipinski definition) is 6. The highest BCUT2D eigenvalue weighted by molar-refractivity contribution is 5.97. The molecule has 1 heterocycles. The van der Waals surface area contributed by atoms with Gasteiger partial charge in [0, 0.05) is 12.0 Å². The molecular weight excluding hydrogens is 405 g/mol. The molecule has 2 N–H and O–H groups in total. The van der Waals surface area contributed by atoms with Crippen molar-refractivity contribution in [3.63, 3.8) is 0 Å². The van der Waals surface area contributed by atoms with Gasteiger partial charge in [0.05, 0.1) is 0 Å². The van der Waals surface area contributed by atoms with E-state index in [-0.39, 0.29) is 35.6 Å². The minimum absolute atomic E-state index is 0.0884. The molecule has 0 bridgehead atoms. The monoisotopic (exact) mass is 428 g/mol. The fraction of sp³-hybridized carbons (Fsp3) is 0.429. The number of ketones is 1. The Balaban J connectivity index is 2.42. The van der Waals surface area contributed by atoms with E-state index in [4.69, 9.17) is 4.74 Å². The van der Waals surface area contributed by atoms with E-state index < -0.39 is 42.5 Å². The maximum atomic E-state index is 12.6. The summed E-state index contributed by atoms with van der Waals surface area (Å²) in [5.41, 5.74) is -0.132. The van der Waals surface area contributed by atoms with Crippen molar-refractivity contribution < 1.29 is 42.4 Å². The maximum absolute atomic E-state index is 12.6. The molecule has 1 aliphatic rings. The molecule has 0 saturated heterocycles. The quantitative estimate of drug-likeness (QED) is 0.696. The largest absolute Gasteiger partial charge is 0.507 e. The Hall–Kier alpha value is -2.81. The zero-order valence-corrected chi connectivity index (χ0v) is 16.5. The van der Waals surface area contributed by atoms with Gasteiger partial charge in [-0.15, -0.1) is 0 Å². The van der Waals surface area contributed by atoms with Crippen molar-refractivity contribution in [2.75, 3.05) is 6.61 Å². The molecule has 3 atom stereocenters. The number of esters is 1. The molecule has 1 aliphatic heterocycles. The van der Waals surface area contributed by atoms with Gasteiger partial charge >= 0.3 is 12.1 Å². The van der Waals surface area contributed by atoms with Crippen LogP contribution in [-0.4, -0.2) is 47.0 Å². The van der Waals surface area contributed by atoms with Gasteiger partial charge in [-0.2, -0.15) is 13.2 Å². The van der Waals surface area contributed by atoms with E-state index >= 15 is 0 Å². The van der Waals surface area contributed by atoms with Gasteiger partial charge in [0.2, 0.25) is 0 Å². The summed E-state index contributed by atoms with van der Waals surface area (Å²) in [5.74, 6) is -2.58. The number of alkyl halides is 3. The van der Waals surface area contributed by atoms with Gasteiger partial charge in [-0.3, -0.25) is 4.79 Å². The summed E-state index contributed by atoms with van der Waals surface area (Å²) in [6.07, 6.45) is -0.438. The molecule has 0 saturated carbocycles. The Kier molecular flexibility index (Phi) is 7.66. The first kappa shape index (κ1) is 23.5. The third kappa shape index (κ3) is 6.62. The number of aliphatic hydroxyl groups excluding tert-OH is 1. The summed E-state index contributed by atoms with van der Waals surface area (Å²) in [4.78, 5) is 24.6. The fourth-order valence-electron chi connectivity index (χ4n) is 2.68. The fourth-order valence-corrected chi connectivity index (χ4v) is 2.68. The van der Waals surface area contributed by atoms with Crippen LogP contribution >= 0.6 is 0 Å². The lowest BCUT2D eigenvalue weighted by atomic mass is 10.0. The number of fused-ring (bicyclic) bond motifs is 1. The average molecular weight is 428 g/mol. The Morgan fingerprint density at radius 1 is 1.20 bits per heavy atom. The van der Waals surface area contributed by atoms with Crippen molar-refractivity contribution >= 4 is 17.8 Å². The second-order valence-corrected chi connectivity index (χ2v) is 7.04. The number of carbonyl (C=O) groups excluding carboxylic acids is 2. The molecule has 6 nitrogen and oxygen atoms in total. The average Bonchev–Trinajstić information content (AvgIpc) is 2.65. The SMILES string of the molecule is C[C@@H]1/C=C\C(=O)[C@@H](O)CC/C=C/c2cc(OCC(F)(F)F)cc(O)c2C(=O)O[C@H]1C. The van der Waals surface area contributed by atoms with Crippen LogP contribution < -0.4 is 4.74 Å². The number of hydrogen-bond donors (Lipinski definition) is 2. The summed E-state index contributed by atoms with van der Waals surface area (Å²) < 4.78 is 47.3. The van der Waals surface area contributed by atoms with Crippen LogP contribution in [0.4, 0.5) is 13.2 Å². The number of phenolic OH excluding ortho intramolecular Hbond substituents is 1. The number of rotatable bonds is 2. The predicted octanol–water partition coefficient (Wildman–Crippen LogP) is 3.81. The van der Waals surface area contributed by atoms with Crippen molar-refractivity contribution in [2.45, 2.75) is 45.1 Å². The van der Waals surface area contributed by atoms with E-state index in [1.807, 2.05) is 0 Å². The second-order valence-electron chi connectivity index (χ2n) is 7.04. The summed E-state index contributed by atoms with van der Waals surface area (Å²) in [5, 5.41) is 20.2. The van der Waals surface area contributed by atoms with Crippen LogP contribution in [0.2, 0.25) is 0 Å². The molecule has 2 rings (SSSR count). The van der Waals surface area contributed by atoms with E-state index in [2.05, 4.69) is 4.74 Å². The Labute approximate surface area is 171 Å². The minimum Gasteiger partial charge on any atom is -0.507 e. The van der Waals surface area contributed by atoms with E-state index in [0.29, 0.717) is 0 Å². The van der Waals surface area contributed by atoms with Crippen LogP contribution in [0, 0.1) is 5.92 Å². The zero-order chi connectivity index (χ0) is 22.5. The first-order valence-corrected chi connectivity index (χ1v) is 9.32. The summed E-state index contributed by atoms with van der Waals surface area (Å²) in [6, 6.07) is 2.10. The number of benzene rings is 1. The molecule has 0 radical (unpaired) electrons. The van der Waals surface area contributed by atoms with Crippen LogP contribution in [0.25, 0.3) is 6.08 Å². The lowest BCUT2D eigenvalue weighted by Gasteiger charge is -2.20. The van der Waals surface area contributed by atoms with Gasteiger partial charge in [-0.1, -0.05) is 25.2 Å². The smallest absolute Gasteiger partial charge is 0.422 e. The first-order chi connectivity index (χ1) is 14.0. The first-order valence-electron chi connectivity index (χ1n) is 9.32. The molecule has 30 heavy (non-hydrogen) atoms. The Morgan fingerprint density at radius 3 is 2.57 bits per heavy atom. The lowest BCUT2D eigenvalue weighted by Crippen LogP contribution is -2.23. The predicted molar refractivity (Wildman–Crippen MR) is 102 cm³/mol. The number of cyclic esters (lactones) is 1. The lowest BCUT2D eigenvalue weighted by molar-refractivity contribution is -0.153. The van der Waals surface area contributed by atoms with Gasteiger partial charge in [-0.05, 0) is 37.5 Å². The van der Waals surface area contributed by atoms with Crippen molar-refractivity contribution in [3.05, 3.63) is 41.5 Å². The van der Waals surface area contributed by atoms with Crippen LogP contribution in [-0.2, 0) is 9.53 Å². The molecular formula is C21H23F3O6. The summed E-state index contributed by atoms with van der Waals surface area (Å²) in [6.45, 7) is 1.73. The topological polar surface area (TPSA) is 93.1 Å². The van der Waals surface area contributed by atoms with Gasteiger partial charge in [0.1, 0.15) is 29.3 Å². The van der Waals surface area contributed by atoms with Gasteiger partial charge in [0.25, 0.3) is 0 Å². The third-order valence-electron chi connectivity index (χ3n) is 4.56. The number of aromatic hydroxyl groups is 1. The van der Waals surface area contributed by atoms with Gasteiger partial charge < -0.3 is 19.7 Å². The van der Waals surface area contributed by atoms with E-state index in [1.165, 1.54) is 30.4 Å². The molecule has 1 aromatic rings. The molecule has 0 unspecified atom stereocenters. The van der Waals surface area contributed by atoms with Crippen LogP contribution in [0.5, 0.6) is 11.5 Å². The second kappa shape index (κ2) is 9.80. The summed E-state index contributed by atoms with van der Waals surface area (Å²) >= 11 is 0. The minimum atomic E-state index is -4.57. The van der Waals surface area contributed by atoms with E-state index in [9.17, 15) is 33.0 Å². The van der Waals surface area contributed by atoms with Crippen LogP contribution in [0.3, 0.4) is 0 Å². The molecule has 1 aromatic carbocycles. The highest BCUT2D eigenvalue weighted by Gasteiger charge is 2.29. The standard InChI is InChI=1S/C21H23F3O6/c1-12-7-8-17(26)16(25)6-4-3-5-14-9-15(29-11-21(22,23)24)10-18(27)19(14)20(28)30-13(12)2/h3,5,7-10,12-13,16,25,27H,4,6,11H2,1-2H3/b5-3+,8-7-/t12-,13+,16+/m1/s1. The van der Waals surface area contributed by atoms with Crippen molar-refractivity contribution in [1.82, 2.24) is 0 Å². The van der Waals surface area contributed by atoms with Crippen LogP contribution in [0.15, 0.2) is 30.4 Å². The zero-order valence-electron chi connectivity index (χ0n) is 16.5.